The normalized spacial score (nSPS) is 40.7. The van der Waals surface area contributed by atoms with Gasteiger partial charge in [0.1, 0.15) is 6.29 Å². The minimum atomic E-state index is -0.270. The summed E-state index contributed by atoms with van der Waals surface area (Å²) in [4.78, 5) is 14.4. The third-order valence-corrected chi connectivity index (χ3v) is 5.92. The zero-order chi connectivity index (χ0) is 17.8. The van der Waals surface area contributed by atoms with E-state index in [4.69, 9.17) is 10.5 Å². The summed E-state index contributed by atoms with van der Waals surface area (Å²) in [5.74, 6) is -0.539. The molecular formula is C17H34N6O2. The summed E-state index contributed by atoms with van der Waals surface area (Å²) >= 11 is 0. The van der Waals surface area contributed by atoms with Gasteiger partial charge in [-0.25, -0.2) is 0 Å². The number of nitrogens with one attached hydrogen (secondary N) is 4. The lowest BCUT2D eigenvalue weighted by Gasteiger charge is -2.47. The fourth-order valence-corrected chi connectivity index (χ4v) is 4.38. The molecule has 6 atom stereocenters. The highest BCUT2D eigenvalue weighted by Gasteiger charge is 2.39. The van der Waals surface area contributed by atoms with E-state index >= 15 is 0 Å². The van der Waals surface area contributed by atoms with Crippen LogP contribution in [0.1, 0.15) is 32.6 Å². The molecule has 25 heavy (non-hydrogen) atoms. The number of carbonyl (C=O) groups excluding carboxylic acids is 1. The first-order valence-corrected chi connectivity index (χ1v) is 9.64. The van der Waals surface area contributed by atoms with Gasteiger partial charge in [0, 0.05) is 45.4 Å². The zero-order valence-electron chi connectivity index (χ0n) is 15.5. The fraction of sp³-hybridized carbons (Fsp3) is 0.941. The van der Waals surface area contributed by atoms with Crippen molar-refractivity contribution in [1.82, 2.24) is 26.2 Å². The molecule has 2 saturated heterocycles. The van der Waals surface area contributed by atoms with E-state index in [0.717, 1.165) is 32.5 Å². The number of carbonyl (C=O) groups is 1. The van der Waals surface area contributed by atoms with Crippen molar-refractivity contribution >= 4 is 5.91 Å². The second-order valence-corrected chi connectivity index (χ2v) is 7.59. The molecule has 1 amide bonds. The van der Waals surface area contributed by atoms with Crippen molar-refractivity contribution in [2.75, 3.05) is 33.3 Å². The molecule has 8 nitrogen and oxygen atoms in total. The molecule has 2 heterocycles. The molecule has 0 radical (unpaired) electrons. The minimum Gasteiger partial charge on any atom is -0.380 e. The zero-order valence-corrected chi connectivity index (χ0v) is 15.5. The van der Waals surface area contributed by atoms with E-state index in [9.17, 15) is 4.79 Å². The first kappa shape index (κ1) is 19.0. The van der Waals surface area contributed by atoms with Crippen molar-refractivity contribution in [3.8, 4) is 0 Å². The molecule has 3 fully saturated rings. The number of rotatable bonds is 5. The first-order chi connectivity index (χ1) is 12.1. The minimum absolute atomic E-state index is 0.0507. The summed E-state index contributed by atoms with van der Waals surface area (Å²) in [7, 11) is 1.78. The summed E-state index contributed by atoms with van der Waals surface area (Å²) in [6.07, 6.45) is 4.67. The van der Waals surface area contributed by atoms with Crippen LogP contribution in [0.4, 0.5) is 0 Å². The molecule has 0 spiro atoms. The largest absolute Gasteiger partial charge is 0.380 e. The summed E-state index contributed by atoms with van der Waals surface area (Å²) in [5, 5.41) is 14.1. The molecule has 2 aliphatic heterocycles. The van der Waals surface area contributed by atoms with Gasteiger partial charge in [0.05, 0.1) is 18.2 Å². The Hall–Kier alpha value is -0.770. The van der Waals surface area contributed by atoms with Crippen LogP contribution in [-0.2, 0) is 9.53 Å². The number of methoxy groups -OCH3 is 1. The van der Waals surface area contributed by atoms with Crippen molar-refractivity contribution in [1.29, 1.82) is 0 Å². The van der Waals surface area contributed by atoms with Crippen LogP contribution in [0, 0.1) is 5.92 Å². The molecule has 8 heteroatoms. The Bertz CT molecular complexity index is 451. The fourth-order valence-electron chi connectivity index (χ4n) is 4.38. The topological polar surface area (TPSA) is 104 Å². The van der Waals surface area contributed by atoms with E-state index in [0.29, 0.717) is 12.6 Å². The number of hydrogen-bond acceptors (Lipinski definition) is 7. The van der Waals surface area contributed by atoms with Crippen LogP contribution >= 0.6 is 0 Å². The number of ether oxygens (including phenoxy) is 1. The molecule has 3 rings (SSSR count). The van der Waals surface area contributed by atoms with Gasteiger partial charge in [0.25, 0.3) is 0 Å². The van der Waals surface area contributed by atoms with Gasteiger partial charge >= 0.3 is 0 Å². The van der Waals surface area contributed by atoms with E-state index in [1.807, 2.05) is 0 Å². The van der Waals surface area contributed by atoms with Crippen molar-refractivity contribution in [2.24, 2.45) is 11.7 Å². The van der Waals surface area contributed by atoms with E-state index < -0.39 is 0 Å². The van der Waals surface area contributed by atoms with Gasteiger partial charge in [-0.05, 0) is 19.8 Å². The average Bonchev–Trinajstić information content (AvgIpc) is 2.62. The number of nitrogens with two attached hydrogens (primary N) is 1. The molecule has 6 unspecified atom stereocenters. The van der Waals surface area contributed by atoms with E-state index in [-0.39, 0.29) is 36.4 Å². The lowest BCUT2D eigenvalue weighted by Crippen LogP contribution is -2.74. The standard InChI is InChI=1S/C17H34N6O2/c1-11-9-19-7-8-23(11)17-20-10-12(15(18)24)16(22-17)21-13-5-3-4-6-14(13)25-2/h11-14,16-17,19-22H,3-10H2,1-2H3,(H2,18,24). The number of amides is 1. The third kappa shape index (κ3) is 4.50. The predicted molar refractivity (Wildman–Crippen MR) is 96.6 cm³/mol. The van der Waals surface area contributed by atoms with Crippen LogP contribution in [-0.4, -0.2) is 74.7 Å². The molecular weight excluding hydrogens is 320 g/mol. The maximum atomic E-state index is 12.0. The van der Waals surface area contributed by atoms with Crippen LogP contribution < -0.4 is 27.0 Å². The van der Waals surface area contributed by atoms with Crippen molar-refractivity contribution < 1.29 is 9.53 Å². The average molecular weight is 354 g/mol. The first-order valence-electron chi connectivity index (χ1n) is 9.64. The van der Waals surface area contributed by atoms with Gasteiger partial charge in [0.15, 0.2) is 0 Å². The Kier molecular flexibility index (Phi) is 6.65. The lowest BCUT2D eigenvalue weighted by molar-refractivity contribution is -0.125. The van der Waals surface area contributed by atoms with Gasteiger partial charge in [-0.2, -0.15) is 0 Å². The van der Waals surface area contributed by atoms with Crippen molar-refractivity contribution in [3.63, 3.8) is 0 Å². The Morgan fingerprint density at radius 1 is 1.28 bits per heavy atom. The molecule has 0 bridgehead atoms. The summed E-state index contributed by atoms with van der Waals surface area (Å²) in [5.41, 5.74) is 5.67. The molecule has 0 aromatic carbocycles. The maximum absolute atomic E-state index is 12.0. The Balaban J connectivity index is 1.67. The molecule has 1 aliphatic carbocycles. The van der Waals surface area contributed by atoms with E-state index in [2.05, 4.69) is 33.1 Å². The predicted octanol–water partition coefficient (Wildman–Crippen LogP) is -1.27. The second-order valence-electron chi connectivity index (χ2n) is 7.59. The Morgan fingerprint density at radius 2 is 2.08 bits per heavy atom. The highest BCUT2D eigenvalue weighted by atomic mass is 16.5. The quantitative estimate of drug-likeness (QED) is 0.419. The van der Waals surface area contributed by atoms with Crippen LogP contribution in [0.3, 0.4) is 0 Å². The van der Waals surface area contributed by atoms with Gasteiger partial charge in [-0.3, -0.25) is 25.6 Å². The van der Waals surface area contributed by atoms with E-state index in [1.165, 1.54) is 12.8 Å². The van der Waals surface area contributed by atoms with Crippen LogP contribution in [0.5, 0.6) is 0 Å². The smallest absolute Gasteiger partial charge is 0.224 e. The lowest BCUT2D eigenvalue weighted by atomic mass is 9.91. The van der Waals surface area contributed by atoms with Crippen LogP contribution in [0.2, 0.25) is 0 Å². The van der Waals surface area contributed by atoms with Gasteiger partial charge < -0.3 is 15.8 Å². The van der Waals surface area contributed by atoms with Crippen molar-refractivity contribution in [3.05, 3.63) is 0 Å². The summed E-state index contributed by atoms with van der Waals surface area (Å²) in [6.45, 7) is 5.75. The van der Waals surface area contributed by atoms with E-state index in [1.54, 1.807) is 7.11 Å². The highest BCUT2D eigenvalue weighted by molar-refractivity contribution is 5.77. The SMILES string of the molecule is COC1CCCCC1NC1NC(N2CCNCC2C)NCC1C(N)=O. The van der Waals surface area contributed by atoms with Crippen LogP contribution in [0.15, 0.2) is 0 Å². The van der Waals surface area contributed by atoms with Crippen molar-refractivity contribution in [2.45, 2.75) is 63.3 Å². The van der Waals surface area contributed by atoms with Gasteiger partial charge in [-0.15, -0.1) is 0 Å². The Morgan fingerprint density at radius 3 is 2.80 bits per heavy atom. The molecule has 1 saturated carbocycles. The second kappa shape index (κ2) is 8.75. The molecule has 144 valence electrons. The Labute approximate surface area is 150 Å². The third-order valence-electron chi connectivity index (χ3n) is 5.92. The molecule has 6 N–H and O–H groups in total. The summed E-state index contributed by atoms with van der Waals surface area (Å²) in [6, 6.07) is 0.697. The molecule has 0 aromatic heterocycles. The number of piperazine rings is 1. The number of hydrogen-bond donors (Lipinski definition) is 5. The maximum Gasteiger partial charge on any atom is 0.224 e. The van der Waals surface area contributed by atoms with Gasteiger partial charge in [-0.1, -0.05) is 12.8 Å². The monoisotopic (exact) mass is 354 g/mol. The number of nitrogens with zero attached hydrogens (tertiary/aromatic N) is 1. The van der Waals surface area contributed by atoms with Crippen LogP contribution in [0.25, 0.3) is 0 Å². The number of primary amides is 1. The van der Waals surface area contributed by atoms with Gasteiger partial charge in [0.2, 0.25) is 5.91 Å². The molecule has 3 aliphatic rings. The summed E-state index contributed by atoms with van der Waals surface area (Å²) < 4.78 is 5.66. The molecule has 0 aromatic rings. The highest BCUT2D eigenvalue weighted by Crippen LogP contribution is 2.22.